The predicted molar refractivity (Wildman–Crippen MR) is 95.8 cm³/mol. The number of aromatic nitrogens is 1. The van der Waals surface area contributed by atoms with Crippen molar-refractivity contribution in [2.45, 2.75) is 40.0 Å². The van der Waals surface area contributed by atoms with Crippen LogP contribution >= 0.6 is 11.3 Å². The molecule has 5 nitrogen and oxygen atoms in total. The highest BCUT2D eigenvalue weighted by atomic mass is 32.1. The summed E-state index contributed by atoms with van der Waals surface area (Å²) in [5.41, 5.74) is 2.18. The Balaban J connectivity index is 2.14. The van der Waals surface area contributed by atoms with Crippen molar-refractivity contribution in [3.8, 4) is 0 Å². The fraction of sp³-hybridized carbons (Fsp3) is 0.389. The lowest BCUT2D eigenvalue weighted by Crippen LogP contribution is -2.13. The lowest BCUT2D eigenvalue weighted by molar-refractivity contribution is -0.138. The van der Waals surface area contributed by atoms with Gasteiger partial charge in [-0.2, -0.15) is 0 Å². The van der Waals surface area contributed by atoms with Crippen molar-refractivity contribution in [2.75, 3.05) is 5.32 Å². The van der Waals surface area contributed by atoms with Crippen molar-refractivity contribution in [3.63, 3.8) is 0 Å². The van der Waals surface area contributed by atoms with Gasteiger partial charge in [-0.1, -0.05) is 26.0 Å². The van der Waals surface area contributed by atoms with Gasteiger partial charge >= 0.3 is 5.97 Å². The van der Waals surface area contributed by atoms with Gasteiger partial charge in [-0.3, -0.25) is 9.59 Å². The van der Waals surface area contributed by atoms with Crippen LogP contribution < -0.4 is 5.32 Å². The number of rotatable bonds is 6. The van der Waals surface area contributed by atoms with Crippen LogP contribution in [0.2, 0.25) is 0 Å². The molecule has 1 unspecified atom stereocenters. The third-order valence-corrected chi connectivity index (χ3v) is 4.66. The molecule has 0 bridgehead atoms. The van der Waals surface area contributed by atoms with E-state index in [1.54, 1.807) is 31.2 Å². The number of carboxylic acids is 1. The number of nitrogens with zero attached hydrogens (tertiary/aromatic N) is 1. The third kappa shape index (κ3) is 4.41. The number of benzene rings is 1. The number of carbonyl (C=O) groups is 2. The van der Waals surface area contributed by atoms with Gasteiger partial charge in [0.25, 0.3) is 5.91 Å². The maximum Gasteiger partial charge on any atom is 0.310 e. The van der Waals surface area contributed by atoms with Gasteiger partial charge in [0.2, 0.25) is 0 Å². The van der Waals surface area contributed by atoms with E-state index in [9.17, 15) is 9.59 Å². The number of nitrogens with one attached hydrogen (secondary N) is 1. The molecule has 0 aliphatic rings. The van der Waals surface area contributed by atoms with Gasteiger partial charge in [0.15, 0.2) is 0 Å². The number of hydrogen-bond acceptors (Lipinski definition) is 4. The third-order valence-electron chi connectivity index (χ3n) is 3.65. The average molecular weight is 346 g/mol. The molecule has 0 saturated heterocycles. The lowest BCUT2D eigenvalue weighted by atomic mass is 10.0. The maximum atomic E-state index is 12.5. The van der Waals surface area contributed by atoms with Gasteiger partial charge in [-0.05, 0) is 43.9 Å². The summed E-state index contributed by atoms with van der Waals surface area (Å²) in [6.07, 6.45) is 0.766. The Hall–Kier alpha value is -2.21. The second-order valence-electron chi connectivity index (χ2n) is 6.24. The molecule has 1 aromatic heterocycles. The van der Waals surface area contributed by atoms with Crippen molar-refractivity contribution < 1.29 is 14.7 Å². The van der Waals surface area contributed by atoms with Gasteiger partial charge in [-0.15, -0.1) is 11.3 Å². The molecule has 0 radical (unpaired) electrons. The van der Waals surface area contributed by atoms with Crippen molar-refractivity contribution in [2.24, 2.45) is 5.92 Å². The van der Waals surface area contributed by atoms with E-state index in [0.717, 1.165) is 17.1 Å². The average Bonchev–Trinajstić information content (AvgIpc) is 2.87. The molecule has 0 aliphatic carbocycles. The SMILES string of the molecule is Cc1nc(CC(C)C)c(C(=O)Nc2ccc(C(C)C(=O)O)cc2)s1. The molecular weight excluding hydrogens is 324 g/mol. The number of amides is 1. The molecule has 128 valence electrons. The molecule has 2 aromatic rings. The number of carboxylic acid groups (broad SMARTS) is 1. The van der Waals surface area contributed by atoms with E-state index >= 15 is 0 Å². The summed E-state index contributed by atoms with van der Waals surface area (Å²) in [5, 5.41) is 12.8. The van der Waals surface area contributed by atoms with Crippen molar-refractivity contribution in [1.29, 1.82) is 0 Å². The van der Waals surface area contributed by atoms with Crippen LogP contribution in [0.15, 0.2) is 24.3 Å². The number of aryl methyl sites for hydroxylation is 1. The normalized spacial score (nSPS) is 12.2. The molecule has 2 rings (SSSR count). The van der Waals surface area contributed by atoms with Gasteiger partial charge in [0, 0.05) is 5.69 Å². The smallest absolute Gasteiger partial charge is 0.310 e. The first kappa shape index (κ1) is 18.1. The Labute approximate surface area is 145 Å². The highest BCUT2D eigenvalue weighted by Crippen LogP contribution is 2.23. The fourth-order valence-corrected chi connectivity index (χ4v) is 3.20. The molecule has 0 spiro atoms. The number of thiazole rings is 1. The first-order chi connectivity index (χ1) is 11.3. The summed E-state index contributed by atoms with van der Waals surface area (Å²) in [5.74, 6) is -1.19. The Kier molecular flexibility index (Phi) is 5.72. The molecular formula is C18H22N2O3S. The Bertz CT molecular complexity index is 735. The molecule has 0 saturated carbocycles. The summed E-state index contributed by atoms with van der Waals surface area (Å²) >= 11 is 1.39. The Morgan fingerprint density at radius 3 is 2.38 bits per heavy atom. The zero-order valence-corrected chi connectivity index (χ0v) is 15.1. The minimum atomic E-state index is -0.870. The van der Waals surface area contributed by atoms with Crippen LogP contribution in [-0.2, 0) is 11.2 Å². The standard InChI is InChI=1S/C18H22N2O3S/c1-10(2)9-15-16(24-12(4)19-15)17(21)20-14-7-5-13(6-8-14)11(3)18(22)23/h5-8,10-11H,9H2,1-4H3,(H,20,21)(H,22,23). The number of anilines is 1. The predicted octanol–water partition coefficient (Wildman–Crippen LogP) is 4.09. The molecule has 1 heterocycles. The molecule has 6 heteroatoms. The summed E-state index contributed by atoms with van der Waals surface area (Å²) in [6.45, 7) is 7.72. The van der Waals surface area contributed by atoms with Gasteiger partial charge < -0.3 is 10.4 Å². The maximum absolute atomic E-state index is 12.5. The van der Waals surface area contributed by atoms with Crippen LogP contribution in [0.25, 0.3) is 0 Å². The highest BCUT2D eigenvalue weighted by molar-refractivity contribution is 7.13. The highest BCUT2D eigenvalue weighted by Gasteiger charge is 2.18. The molecule has 0 aliphatic heterocycles. The Morgan fingerprint density at radius 1 is 1.21 bits per heavy atom. The second kappa shape index (κ2) is 7.57. The van der Waals surface area contributed by atoms with Crippen LogP contribution in [0.3, 0.4) is 0 Å². The summed E-state index contributed by atoms with van der Waals surface area (Å²) in [7, 11) is 0. The van der Waals surface area contributed by atoms with Crippen molar-refractivity contribution >= 4 is 28.9 Å². The van der Waals surface area contributed by atoms with E-state index in [4.69, 9.17) is 5.11 Å². The number of carbonyl (C=O) groups excluding carboxylic acids is 1. The minimum Gasteiger partial charge on any atom is -0.481 e. The molecule has 1 aromatic carbocycles. The van der Waals surface area contributed by atoms with E-state index < -0.39 is 11.9 Å². The largest absolute Gasteiger partial charge is 0.481 e. The van der Waals surface area contributed by atoms with Gasteiger partial charge in [0.05, 0.1) is 16.6 Å². The summed E-state index contributed by atoms with van der Waals surface area (Å²) in [4.78, 5) is 28.6. The summed E-state index contributed by atoms with van der Waals surface area (Å²) < 4.78 is 0. The molecule has 1 amide bonds. The van der Waals surface area contributed by atoms with Crippen LogP contribution in [-0.4, -0.2) is 22.0 Å². The zero-order chi connectivity index (χ0) is 17.9. The summed E-state index contributed by atoms with van der Waals surface area (Å²) in [6, 6.07) is 6.90. The topological polar surface area (TPSA) is 79.3 Å². The van der Waals surface area contributed by atoms with E-state index in [-0.39, 0.29) is 5.91 Å². The first-order valence-electron chi connectivity index (χ1n) is 7.88. The van der Waals surface area contributed by atoms with E-state index in [2.05, 4.69) is 24.1 Å². The van der Waals surface area contributed by atoms with Gasteiger partial charge in [0.1, 0.15) is 4.88 Å². The van der Waals surface area contributed by atoms with E-state index in [0.29, 0.717) is 22.0 Å². The zero-order valence-electron chi connectivity index (χ0n) is 14.3. The van der Waals surface area contributed by atoms with Crippen LogP contribution in [0.5, 0.6) is 0 Å². The van der Waals surface area contributed by atoms with Crippen LogP contribution in [0.1, 0.15) is 52.6 Å². The van der Waals surface area contributed by atoms with Crippen molar-refractivity contribution in [3.05, 3.63) is 45.4 Å². The quantitative estimate of drug-likeness (QED) is 0.825. The minimum absolute atomic E-state index is 0.171. The van der Waals surface area contributed by atoms with Crippen LogP contribution in [0.4, 0.5) is 5.69 Å². The number of aliphatic carboxylic acids is 1. The lowest BCUT2D eigenvalue weighted by Gasteiger charge is -2.09. The van der Waals surface area contributed by atoms with Gasteiger partial charge in [-0.25, -0.2) is 4.98 Å². The van der Waals surface area contributed by atoms with Crippen molar-refractivity contribution in [1.82, 2.24) is 4.98 Å². The first-order valence-corrected chi connectivity index (χ1v) is 8.70. The second-order valence-corrected chi connectivity index (χ2v) is 7.45. The molecule has 0 fully saturated rings. The molecule has 1 atom stereocenters. The van der Waals surface area contributed by atoms with E-state index in [1.165, 1.54) is 11.3 Å². The number of hydrogen-bond donors (Lipinski definition) is 2. The Morgan fingerprint density at radius 2 is 1.83 bits per heavy atom. The van der Waals surface area contributed by atoms with Crippen LogP contribution in [0, 0.1) is 12.8 Å². The van der Waals surface area contributed by atoms with E-state index in [1.807, 2.05) is 6.92 Å². The fourth-order valence-electron chi connectivity index (χ4n) is 2.36. The molecule has 2 N–H and O–H groups in total. The monoisotopic (exact) mass is 346 g/mol. The molecule has 24 heavy (non-hydrogen) atoms.